The number of nitrogens with one attached hydrogen (secondary N) is 1. The highest BCUT2D eigenvalue weighted by molar-refractivity contribution is 9.10. The second-order valence-electron chi connectivity index (χ2n) is 7.62. The fourth-order valence-corrected chi connectivity index (χ4v) is 4.67. The summed E-state index contributed by atoms with van der Waals surface area (Å²) in [5.74, 6) is 0.962. The maximum absolute atomic E-state index is 12.9. The normalized spacial score (nSPS) is 16.3. The zero-order valence-corrected chi connectivity index (χ0v) is 18.1. The van der Waals surface area contributed by atoms with Crippen LogP contribution in [-0.2, 0) is 11.3 Å². The summed E-state index contributed by atoms with van der Waals surface area (Å²) in [5, 5.41) is 4.65. The number of likely N-dealkylation sites (N-methyl/N-ethyl adjacent to an activating group) is 1. The molecule has 6 heteroatoms. The molecule has 1 aliphatic carbocycles. The molecule has 1 amide bonds. The van der Waals surface area contributed by atoms with Gasteiger partial charge in [0.25, 0.3) is 0 Å². The Kier molecular flexibility index (Phi) is 6.06. The van der Waals surface area contributed by atoms with Crippen LogP contribution in [0.1, 0.15) is 43.4 Å². The lowest BCUT2D eigenvalue weighted by Gasteiger charge is -2.38. The first kappa shape index (κ1) is 20.1. The summed E-state index contributed by atoms with van der Waals surface area (Å²) in [6.45, 7) is 2.56. The van der Waals surface area contributed by atoms with Crippen molar-refractivity contribution in [2.24, 2.45) is 0 Å². The fourth-order valence-electron chi connectivity index (χ4n) is 4.02. The maximum Gasteiger partial charge on any atom is 0.242 e. The summed E-state index contributed by atoms with van der Waals surface area (Å²) in [6, 6.07) is 6.10. The van der Waals surface area contributed by atoms with Gasteiger partial charge in [-0.15, -0.1) is 0 Å². The number of rotatable bonds is 5. The number of carbonyl (C=O) groups excluding carboxylic acids is 1. The predicted octanol–water partition coefficient (Wildman–Crippen LogP) is 4.20. The van der Waals surface area contributed by atoms with Crippen LogP contribution in [0.5, 0.6) is 5.75 Å². The highest BCUT2D eigenvalue weighted by atomic mass is 79.9. The van der Waals surface area contributed by atoms with Crippen molar-refractivity contribution in [2.75, 3.05) is 21.2 Å². The molecule has 0 unspecified atom stereocenters. The van der Waals surface area contributed by atoms with Gasteiger partial charge in [-0.1, -0.05) is 35.2 Å². The minimum Gasteiger partial charge on any atom is -0.496 e. The highest BCUT2D eigenvalue weighted by Gasteiger charge is 2.40. The first-order chi connectivity index (χ1) is 12.9. The molecule has 0 spiro atoms. The van der Waals surface area contributed by atoms with E-state index >= 15 is 0 Å². The minimum atomic E-state index is -0.482. The number of fused-ring (bicyclic) bond motifs is 1. The third kappa shape index (κ3) is 4.11. The fraction of sp³-hybridized carbons (Fsp3) is 0.524. The molecule has 0 aliphatic heterocycles. The zero-order valence-electron chi connectivity index (χ0n) is 16.6. The lowest BCUT2D eigenvalue weighted by Crippen LogP contribution is -2.57. The van der Waals surface area contributed by atoms with E-state index in [1.807, 2.05) is 33.2 Å². The molecule has 27 heavy (non-hydrogen) atoms. The Labute approximate surface area is 169 Å². The molecule has 3 rings (SSSR count). The molecule has 2 aromatic rings. The lowest BCUT2D eigenvalue weighted by atomic mass is 9.80. The summed E-state index contributed by atoms with van der Waals surface area (Å²) < 4.78 is 6.64. The Morgan fingerprint density at radius 1 is 1.26 bits per heavy atom. The van der Waals surface area contributed by atoms with Crippen molar-refractivity contribution < 1.29 is 9.53 Å². The molecule has 0 bridgehead atoms. The van der Waals surface area contributed by atoms with Gasteiger partial charge < -0.3 is 9.64 Å². The van der Waals surface area contributed by atoms with E-state index in [0.717, 1.165) is 58.1 Å². The first-order valence-corrected chi connectivity index (χ1v) is 10.3. The van der Waals surface area contributed by atoms with E-state index in [-0.39, 0.29) is 5.91 Å². The molecule has 0 radical (unpaired) electrons. The van der Waals surface area contributed by atoms with Crippen molar-refractivity contribution in [1.29, 1.82) is 0 Å². The summed E-state index contributed by atoms with van der Waals surface area (Å²) in [5.41, 5.74) is 2.41. The van der Waals surface area contributed by atoms with Crippen molar-refractivity contribution in [1.82, 2.24) is 15.2 Å². The van der Waals surface area contributed by atoms with E-state index in [0.29, 0.717) is 6.54 Å². The molecular weight excluding hydrogens is 406 g/mol. The van der Waals surface area contributed by atoms with Gasteiger partial charge in [0, 0.05) is 47.8 Å². The Morgan fingerprint density at radius 2 is 1.96 bits per heavy atom. The van der Waals surface area contributed by atoms with Gasteiger partial charge in [0.2, 0.25) is 5.91 Å². The van der Waals surface area contributed by atoms with Crippen molar-refractivity contribution >= 4 is 32.7 Å². The summed E-state index contributed by atoms with van der Waals surface area (Å²) in [6.07, 6.45) is 5.11. The molecular formula is C21H28BrN3O2. The summed E-state index contributed by atoms with van der Waals surface area (Å²) >= 11 is 3.65. The van der Waals surface area contributed by atoms with E-state index in [4.69, 9.17) is 4.74 Å². The van der Waals surface area contributed by atoms with Crippen LogP contribution in [-0.4, -0.2) is 42.5 Å². The number of pyridine rings is 1. The smallest absolute Gasteiger partial charge is 0.242 e. The van der Waals surface area contributed by atoms with Crippen LogP contribution < -0.4 is 10.1 Å². The van der Waals surface area contributed by atoms with Crippen molar-refractivity contribution in [2.45, 2.75) is 51.1 Å². The van der Waals surface area contributed by atoms with Crippen molar-refractivity contribution in [3.63, 3.8) is 0 Å². The van der Waals surface area contributed by atoms with Crippen LogP contribution in [0.4, 0.5) is 0 Å². The molecule has 1 aliphatic rings. The number of ether oxygens (including phenoxy) is 1. The van der Waals surface area contributed by atoms with Crippen LogP contribution in [0, 0.1) is 6.92 Å². The summed E-state index contributed by atoms with van der Waals surface area (Å²) in [7, 11) is 5.35. The maximum atomic E-state index is 12.9. The van der Waals surface area contributed by atoms with E-state index in [1.54, 1.807) is 12.0 Å². The molecule has 5 nitrogen and oxygen atoms in total. The van der Waals surface area contributed by atoms with Gasteiger partial charge >= 0.3 is 0 Å². The van der Waals surface area contributed by atoms with Gasteiger partial charge in [0.05, 0.1) is 18.2 Å². The summed E-state index contributed by atoms with van der Waals surface area (Å²) in [4.78, 5) is 19.2. The van der Waals surface area contributed by atoms with Gasteiger partial charge in [-0.3, -0.25) is 15.1 Å². The molecule has 1 heterocycles. The molecule has 1 aromatic heterocycles. The number of carbonyl (C=O) groups is 1. The number of nitrogens with zero attached hydrogens (tertiary/aromatic N) is 2. The first-order valence-electron chi connectivity index (χ1n) is 9.47. The lowest BCUT2D eigenvalue weighted by molar-refractivity contribution is -0.137. The average molecular weight is 434 g/mol. The Balaban J connectivity index is 1.93. The predicted molar refractivity (Wildman–Crippen MR) is 112 cm³/mol. The van der Waals surface area contributed by atoms with Crippen LogP contribution in [0.2, 0.25) is 0 Å². The SMILES string of the molecule is COc1cc2nc(C)cc(Br)c2cc1CNC1(C(=O)N(C)C)CCCCC1. The van der Waals surface area contributed by atoms with Crippen LogP contribution in [0.3, 0.4) is 0 Å². The standard InChI is InChI=1S/C21H28BrN3O2/c1-14-10-17(22)16-11-15(19(27-4)12-18(16)24-14)13-23-21(20(26)25(2)3)8-6-5-7-9-21/h10-12,23H,5-9,13H2,1-4H3. The van der Waals surface area contributed by atoms with E-state index < -0.39 is 5.54 Å². The van der Waals surface area contributed by atoms with E-state index in [1.165, 1.54) is 6.42 Å². The zero-order chi connectivity index (χ0) is 19.6. The molecule has 1 aromatic carbocycles. The number of aryl methyl sites for hydroxylation is 1. The van der Waals surface area contributed by atoms with Gasteiger partial charge in [-0.25, -0.2) is 0 Å². The largest absolute Gasteiger partial charge is 0.496 e. The average Bonchev–Trinajstić information content (AvgIpc) is 2.65. The number of aromatic nitrogens is 1. The van der Waals surface area contributed by atoms with Gasteiger partial charge in [0.1, 0.15) is 5.75 Å². The topological polar surface area (TPSA) is 54.5 Å². The number of methoxy groups -OCH3 is 1. The second kappa shape index (κ2) is 8.15. The van der Waals surface area contributed by atoms with Crippen molar-refractivity contribution in [3.8, 4) is 5.75 Å². The Bertz CT molecular complexity index is 845. The monoisotopic (exact) mass is 433 g/mol. The van der Waals surface area contributed by atoms with Crippen LogP contribution >= 0.6 is 15.9 Å². The number of benzene rings is 1. The van der Waals surface area contributed by atoms with Crippen LogP contribution in [0.15, 0.2) is 22.7 Å². The third-order valence-corrected chi connectivity index (χ3v) is 6.08. The van der Waals surface area contributed by atoms with Crippen LogP contribution in [0.25, 0.3) is 10.9 Å². The van der Waals surface area contributed by atoms with Gasteiger partial charge in [-0.2, -0.15) is 0 Å². The molecule has 1 saturated carbocycles. The third-order valence-electron chi connectivity index (χ3n) is 5.43. The molecule has 1 fully saturated rings. The van der Waals surface area contributed by atoms with Crippen molar-refractivity contribution in [3.05, 3.63) is 33.9 Å². The quantitative estimate of drug-likeness (QED) is 0.767. The molecule has 146 valence electrons. The number of hydrogen-bond acceptors (Lipinski definition) is 4. The number of hydrogen-bond donors (Lipinski definition) is 1. The minimum absolute atomic E-state index is 0.167. The van der Waals surface area contributed by atoms with Gasteiger partial charge in [0.15, 0.2) is 0 Å². The molecule has 0 saturated heterocycles. The molecule has 0 atom stereocenters. The highest BCUT2D eigenvalue weighted by Crippen LogP contribution is 2.33. The van der Waals surface area contributed by atoms with Gasteiger partial charge in [-0.05, 0) is 31.9 Å². The number of amides is 1. The van der Waals surface area contributed by atoms with E-state index in [9.17, 15) is 4.79 Å². The second-order valence-corrected chi connectivity index (χ2v) is 8.48. The number of halogens is 1. The Hall–Kier alpha value is -1.66. The molecule has 1 N–H and O–H groups in total. The Morgan fingerprint density at radius 3 is 2.59 bits per heavy atom. The van der Waals surface area contributed by atoms with E-state index in [2.05, 4.69) is 32.3 Å².